The van der Waals surface area contributed by atoms with Gasteiger partial charge in [0.05, 0.1) is 0 Å². The lowest BCUT2D eigenvalue weighted by Crippen LogP contribution is -2.48. The zero-order valence-corrected chi connectivity index (χ0v) is 13.2. The topological polar surface area (TPSA) is 78.4 Å². The third kappa shape index (κ3) is 5.78. The Morgan fingerprint density at radius 1 is 1.33 bits per heavy atom. The molecule has 0 bridgehead atoms. The number of amides is 2. The molecule has 5 nitrogen and oxygen atoms in total. The molecule has 0 aromatic carbocycles. The number of nitrogens with one attached hydrogen (secondary N) is 2. The predicted molar refractivity (Wildman–Crippen MR) is 83.1 cm³/mol. The van der Waals surface area contributed by atoms with Gasteiger partial charge in [0, 0.05) is 6.54 Å². The lowest BCUT2D eigenvalue weighted by Gasteiger charge is -2.31. The summed E-state index contributed by atoms with van der Waals surface area (Å²) in [4.78, 5) is 22.9. The predicted octanol–water partition coefficient (Wildman–Crippen LogP) is 2.92. The van der Waals surface area contributed by atoms with Crippen molar-refractivity contribution in [2.24, 2.45) is 11.3 Å². The number of hydrogen-bond donors (Lipinski definition) is 3. The molecule has 0 aliphatic heterocycles. The molecule has 1 aliphatic rings. The van der Waals surface area contributed by atoms with Crippen molar-refractivity contribution >= 4 is 12.0 Å². The molecule has 3 N–H and O–H groups in total. The number of rotatable bonds is 8. The van der Waals surface area contributed by atoms with Crippen molar-refractivity contribution < 1.29 is 14.7 Å². The van der Waals surface area contributed by atoms with Crippen LogP contribution in [0.3, 0.4) is 0 Å². The second kappa shape index (κ2) is 8.05. The normalized spacial score (nSPS) is 18.2. The van der Waals surface area contributed by atoms with Crippen LogP contribution in [0.4, 0.5) is 4.79 Å². The first-order valence-corrected chi connectivity index (χ1v) is 7.76. The fraction of sp³-hybridized carbons (Fsp3) is 0.750. The third-order valence-electron chi connectivity index (χ3n) is 4.14. The van der Waals surface area contributed by atoms with Crippen molar-refractivity contribution in [1.82, 2.24) is 10.6 Å². The van der Waals surface area contributed by atoms with E-state index in [-0.39, 0.29) is 11.8 Å². The molecule has 120 valence electrons. The Labute approximate surface area is 127 Å². The summed E-state index contributed by atoms with van der Waals surface area (Å²) >= 11 is 0. The molecule has 0 radical (unpaired) electrons. The molecule has 1 aliphatic carbocycles. The van der Waals surface area contributed by atoms with Crippen LogP contribution in [0.15, 0.2) is 12.7 Å². The van der Waals surface area contributed by atoms with Crippen LogP contribution in [0, 0.1) is 11.3 Å². The van der Waals surface area contributed by atoms with Crippen LogP contribution in [0.25, 0.3) is 0 Å². The molecule has 0 heterocycles. The monoisotopic (exact) mass is 296 g/mol. The van der Waals surface area contributed by atoms with E-state index >= 15 is 0 Å². The van der Waals surface area contributed by atoms with Gasteiger partial charge < -0.3 is 15.7 Å². The van der Waals surface area contributed by atoms with Gasteiger partial charge in [0.1, 0.15) is 6.04 Å². The second-order valence-electron chi connectivity index (χ2n) is 6.55. The summed E-state index contributed by atoms with van der Waals surface area (Å²) in [7, 11) is 0. The van der Waals surface area contributed by atoms with Crippen LogP contribution in [-0.4, -0.2) is 29.7 Å². The minimum atomic E-state index is -1.04. The highest BCUT2D eigenvalue weighted by Crippen LogP contribution is 2.42. The summed E-state index contributed by atoms with van der Waals surface area (Å²) in [6.07, 6.45) is 7.52. The number of hydrogen-bond acceptors (Lipinski definition) is 2. The summed E-state index contributed by atoms with van der Waals surface area (Å²) in [6.45, 7) is 8.53. The van der Waals surface area contributed by atoms with E-state index in [0.717, 1.165) is 19.3 Å². The van der Waals surface area contributed by atoms with Crippen LogP contribution >= 0.6 is 0 Å². The molecule has 1 atom stereocenters. The molecule has 0 spiro atoms. The Morgan fingerprint density at radius 2 is 1.95 bits per heavy atom. The van der Waals surface area contributed by atoms with E-state index in [1.807, 2.05) is 0 Å². The number of carbonyl (C=O) groups is 2. The molecule has 5 heteroatoms. The standard InChI is InChI=1S/C16H28N2O3/c1-4-7-13(14(19)20)18-15(21)17-11-16(10-12(2)3)8-5-6-9-16/h4,12-13H,1,5-11H2,2-3H3,(H,19,20)(H2,17,18,21). The number of carboxylic acids is 1. The van der Waals surface area contributed by atoms with Gasteiger partial charge in [-0.1, -0.05) is 32.8 Å². The van der Waals surface area contributed by atoms with Gasteiger partial charge in [-0.3, -0.25) is 0 Å². The van der Waals surface area contributed by atoms with Crippen molar-refractivity contribution in [3.63, 3.8) is 0 Å². The van der Waals surface area contributed by atoms with E-state index in [1.54, 1.807) is 0 Å². The van der Waals surface area contributed by atoms with Crippen molar-refractivity contribution in [2.45, 2.75) is 58.4 Å². The molecule has 1 rings (SSSR count). The van der Waals surface area contributed by atoms with Gasteiger partial charge >= 0.3 is 12.0 Å². The van der Waals surface area contributed by atoms with Crippen LogP contribution in [0.2, 0.25) is 0 Å². The lowest BCUT2D eigenvalue weighted by molar-refractivity contribution is -0.139. The average molecular weight is 296 g/mol. The van der Waals surface area contributed by atoms with Gasteiger partial charge in [-0.25, -0.2) is 9.59 Å². The van der Waals surface area contributed by atoms with Crippen molar-refractivity contribution in [1.29, 1.82) is 0 Å². The van der Waals surface area contributed by atoms with Gasteiger partial charge in [-0.05, 0) is 37.0 Å². The van der Waals surface area contributed by atoms with E-state index in [2.05, 4.69) is 31.1 Å². The van der Waals surface area contributed by atoms with E-state index in [9.17, 15) is 9.59 Å². The summed E-state index contributed by atoms with van der Waals surface area (Å²) < 4.78 is 0. The molecular formula is C16H28N2O3. The minimum absolute atomic E-state index is 0.183. The van der Waals surface area contributed by atoms with Crippen LogP contribution in [-0.2, 0) is 4.79 Å². The van der Waals surface area contributed by atoms with E-state index in [1.165, 1.54) is 18.9 Å². The summed E-state index contributed by atoms with van der Waals surface area (Å²) in [5, 5.41) is 14.4. The summed E-state index contributed by atoms with van der Waals surface area (Å²) in [6, 6.07) is -1.31. The average Bonchev–Trinajstić information content (AvgIpc) is 2.84. The fourth-order valence-corrected chi connectivity index (χ4v) is 3.31. The zero-order valence-electron chi connectivity index (χ0n) is 13.2. The van der Waals surface area contributed by atoms with Gasteiger partial charge in [-0.15, -0.1) is 6.58 Å². The van der Waals surface area contributed by atoms with Crippen molar-refractivity contribution in [3.05, 3.63) is 12.7 Å². The largest absolute Gasteiger partial charge is 0.480 e. The highest BCUT2D eigenvalue weighted by molar-refractivity contribution is 5.82. The van der Waals surface area contributed by atoms with Gasteiger partial charge in [0.15, 0.2) is 0 Å². The summed E-state index contributed by atoms with van der Waals surface area (Å²) in [5.74, 6) is -0.441. The number of carbonyl (C=O) groups excluding carboxylic acids is 1. The van der Waals surface area contributed by atoms with E-state index in [0.29, 0.717) is 12.5 Å². The highest BCUT2D eigenvalue weighted by Gasteiger charge is 2.34. The summed E-state index contributed by atoms with van der Waals surface area (Å²) in [5.41, 5.74) is 0.183. The first kappa shape index (κ1) is 17.5. The zero-order chi connectivity index (χ0) is 15.9. The van der Waals surface area contributed by atoms with Gasteiger partial charge in [0.25, 0.3) is 0 Å². The van der Waals surface area contributed by atoms with Gasteiger partial charge in [0.2, 0.25) is 0 Å². The molecule has 2 amide bonds. The highest BCUT2D eigenvalue weighted by atomic mass is 16.4. The minimum Gasteiger partial charge on any atom is -0.480 e. The first-order chi connectivity index (χ1) is 9.88. The Bertz CT molecular complexity index is 374. The third-order valence-corrected chi connectivity index (χ3v) is 4.14. The second-order valence-corrected chi connectivity index (χ2v) is 6.55. The molecule has 0 aromatic rings. The first-order valence-electron chi connectivity index (χ1n) is 7.76. The molecule has 1 saturated carbocycles. The van der Waals surface area contributed by atoms with E-state index < -0.39 is 18.0 Å². The SMILES string of the molecule is C=CCC(NC(=O)NCC1(CC(C)C)CCCC1)C(=O)O. The maximum absolute atomic E-state index is 11.9. The number of urea groups is 1. The Hall–Kier alpha value is -1.52. The van der Waals surface area contributed by atoms with Gasteiger partial charge in [-0.2, -0.15) is 0 Å². The molecule has 0 aromatic heterocycles. The smallest absolute Gasteiger partial charge is 0.326 e. The maximum Gasteiger partial charge on any atom is 0.326 e. The Kier molecular flexibility index (Phi) is 6.72. The number of carboxylic acid groups (broad SMARTS) is 1. The maximum atomic E-state index is 11.9. The molecule has 1 unspecified atom stereocenters. The van der Waals surface area contributed by atoms with Crippen LogP contribution < -0.4 is 10.6 Å². The van der Waals surface area contributed by atoms with E-state index in [4.69, 9.17) is 5.11 Å². The lowest BCUT2D eigenvalue weighted by atomic mass is 9.78. The Morgan fingerprint density at radius 3 is 2.43 bits per heavy atom. The van der Waals surface area contributed by atoms with Crippen LogP contribution in [0.5, 0.6) is 0 Å². The fourth-order valence-electron chi connectivity index (χ4n) is 3.31. The van der Waals surface area contributed by atoms with Crippen molar-refractivity contribution in [3.8, 4) is 0 Å². The quantitative estimate of drug-likeness (QED) is 0.603. The molecule has 0 saturated heterocycles. The molecule has 21 heavy (non-hydrogen) atoms. The van der Waals surface area contributed by atoms with Crippen LogP contribution in [0.1, 0.15) is 52.4 Å². The Balaban J connectivity index is 2.49. The van der Waals surface area contributed by atoms with Crippen molar-refractivity contribution in [2.75, 3.05) is 6.54 Å². The number of aliphatic carboxylic acids is 1. The molecular weight excluding hydrogens is 268 g/mol. The molecule has 1 fully saturated rings.